The predicted molar refractivity (Wildman–Crippen MR) is 80.4 cm³/mol. The van der Waals surface area contributed by atoms with Gasteiger partial charge in [-0.1, -0.05) is 6.92 Å². The lowest BCUT2D eigenvalue weighted by atomic mass is 10.0. The number of aromatic nitrogens is 1. The number of carbonyl (C=O) groups excluding carboxylic acids is 2. The van der Waals surface area contributed by atoms with Gasteiger partial charge in [-0.05, 0) is 47.5 Å². The zero-order chi connectivity index (χ0) is 14.9. The summed E-state index contributed by atoms with van der Waals surface area (Å²) in [5.41, 5.74) is 2.44. The Morgan fingerprint density at radius 2 is 2.00 bits per heavy atom. The fourth-order valence-electron chi connectivity index (χ4n) is 2.25. The minimum Gasteiger partial charge on any atom is -0.462 e. The molecule has 0 bridgehead atoms. The highest BCUT2D eigenvalue weighted by Gasteiger charge is 2.20. The van der Waals surface area contributed by atoms with Crippen molar-refractivity contribution >= 4 is 33.2 Å². The minimum atomic E-state index is -0.394. The standard InChI is InChI=1S/C15H16BrNO3/c1-4-13(18)14-9(3)12(15(19)20-5-2)7-11-6-10(16)8-17(11)14/h6-8H,4-5H2,1-3H3. The summed E-state index contributed by atoms with van der Waals surface area (Å²) in [5.74, 6) is -0.392. The van der Waals surface area contributed by atoms with Crippen molar-refractivity contribution in [3.05, 3.63) is 39.6 Å². The molecular weight excluding hydrogens is 322 g/mol. The maximum atomic E-state index is 12.2. The van der Waals surface area contributed by atoms with Crippen LogP contribution >= 0.6 is 15.9 Å². The highest BCUT2D eigenvalue weighted by atomic mass is 79.9. The number of nitrogens with zero attached hydrogens (tertiary/aromatic N) is 1. The highest BCUT2D eigenvalue weighted by molar-refractivity contribution is 9.10. The maximum absolute atomic E-state index is 12.2. The van der Waals surface area contributed by atoms with Gasteiger partial charge in [-0.2, -0.15) is 0 Å². The molecule has 0 fully saturated rings. The molecule has 0 N–H and O–H groups in total. The lowest BCUT2D eigenvalue weighted by Gasteiger charge is -2.12. The lowest BCUT2D eigenvalue weighted by Crippen LogP contribution is -2.14. The molecule has 2 aromatic rings. The summed E-state index contributed by atoms with van der Waals surface area (Å²) >= 11 is 3.40. The second kappa shape index (κ2) is 5.79. The number of hydrogen-bond donors (Lipinski definition) is 0. The lowest BCUT2D eigenvalue weighted by molar-refractivity contribution is 0.0525. The van der Waals surface area contributed by atoms with Crippen LogP contribution in [0.3, 0.4) is 0 Å². The van der Waals surface area contributed by atoms with Gasteiger partial charge in [-0.25, -0.2) is 4.79 Å². The number of Topliss-reactive ketones (excluding diaryl/α,β-unsaturated/α-hetero) is 1. The summed E-state index contributed by atoms with van der Waals surface area (Å²) < 4.78 is 7.74. The minimum absolute atomic E-state index is 0.00162. The fourth-order valence-corrected chi connectivity index (χ4v) is 2.69. The number of ketones is 1. The number of rotatable bonds is 4. The summed E-state index contributed by atoms with van der Waals surface area (Å²) in [6, 6.07) is 3.62. The molecule has 5 heteroatoms. The Labute approximate surface area is 125 Å². The van der Waals surface area contributed by atoms with E-state index in [1.54, 1.807) is 19.9 Å². The summed E-state index contributed by atoms with van der Waals surface area (Å²) in [6.45, 7) is 5.66. The third-order valence-electron chi connectivity index (χ3n) is 3.19. The Morgan fingerprint density at radius 3 is 2.60 bits per heavy atom. The van der Waals surface area contributed by atoms with Crippen LogP contribution < -0.4 is 0 Å². The third kappa shape index (κ3) is 2.50. The van der Waals surface area contributed by atoms with Crippen LogP contribution in [0.4, 0.5) is 0 Å². The molecule has 0 aromatic carbocycles. The third-order valence-corrected chi connectivity index (χ3v) is 3.62. The van der Waals surface area contributed by atoms with Gasteiger partial charge in [0.15, 0.2) is 5.78 Å². The fraction of sp³-hybridized carbons (Fsp3) is 0.333. The Balaban J connectivity index is 2.75. The molecule has 0 spiro atoms. The van der Waals surface area contributed by atoms with Gasteiger partial charge in [0.1, 0.15) is 0 Å². The van der Waals surface area contributed by atoms with E-state index in [1.165, 1.54) is 0 Å². The first-order valence-corrected chi connectivity index (χ1v) is 7.30. The van der Waals surface area contributed by atoms with E-state index in [9.17, 15) is 9.59 Å². The summed E-state index contributed by atoms with van der Waals surface area (Å²) in [7, 11) is 0. The van der Waals surface area contributed by atoms with Crippen LogP contribution in [0.2, 0.25) is 0 Å². The molecule has 20 heavy (non-hydrogen) atoms. The summed E-state index contributed by atoms with van der Waals surface area (Å²) in [4.78, 5) is 24.2. The molecule has 0 aliphatic rings. The van der Waals surface area contributed by atoms with Crippen molar-refractivity contribution in [3.63, 3.8) is 0 Å². The van der Waals surface area contributed by atoms with Crippen LogP contribution in [-0.4, -0.2) is 22.8 Å². The van der Waals surface area contributed by atoms with Gasteiger partial charge in [0.05, 0.1) is 17.9 Å². The molecule has 0 atom stereocenters. The van der Waals surface area contributed by atoms with E-state index >= 15 is 0 Å². The van der Waals surface area contributed by atoms with E-state index in [0.29, 0.717) is 29.8 Å². The van der Waals surface area contributed by atoms with E-state index in [1.807, 2.05) is 23.6 Å². The Bertz CT molecular complexity index is 688. The molecule has 0 aliphatic carbocycles. The van der Waals surface area contributed by atoms with Crippen LogP contribution in [0.5, 0.6) is 0 Å². The van der Waals surface area contributed by atoms with Crippen molar-refractivity contribution in [2.75, 3.05) is 6.61 Å². The maximum Gasteiger partial charge on any atom is 0.338 e. The Morgan fingerprint density at radius 1 is 1.30 bits per heavy atom. The molecule has 0 radical (unpaired) electrons. The van der Waals surface area contributed by atoms with Gasteiger partial charge in [0.25, 0.3) is 0 Å². The molecule has 4 nitrogen and oxygen atoms in total. The van der Waals surface area contributed by atoms with E-state index < -0.39 is 5.97 Å². The average Bonchev–Trinajstić information content (AvgIpc) is 2.77. The first kappa shape index (κ1) is 14.8. The van der Waals surface area contributed by atoms with Crippen LogP contribution in [0.15, 0.2) is 22.8 Å². The van der Waals surface area contributed by atoms with Crippen molar-refractivity contribution in [1.82, 2.24) is 4.40 Å². The quantitative estimate of drug-likeness (QED) is 0.630. The van der Waals surface area contributed by atoms with Gasteiger partial charge in [-0.15, -0.1) is 0 Å². The van der Waals surface area contributed by atoms with Crippen molar-refractivity contribution in [2.24, 2.45) is 0 Å². The zero-order valence-corrected chi connectivity index (χ0v) is 13.3. The van der Waals surface area contributed by atoms with E-state index in [0.717, 1.165) is 9.99 Å². The molecule has 2 aromatic heterocycles. The van der Waals surface area contributed by atoms with Gasteiger partial charge in [0.2, 0.25) is 0 Å². The predicted octanol–water partition coefficient (Wildman–Crippen LogP) is 3.78. The molecule has 0 unspecified atom stereocenters. The molecule has 106 valence electrons. The summed E-state index contributed by atoms with van der Waals surface area (Å²) in [6.07, 6.45) is 2.22. The molecular formula is C15H16BrNO3. The topological polar surface area (TPSA) is 47.8 Å². The number of hydrogen-bond acceptors (Lipinski definition) is 3. The molecule has 0 saturated carbocycles. The number of halogens is 1. The largest absolute Gasteiger partial charge is 0.462 e. The zero-order valence-electron chi connectivity index (χ0n) is 11.7. The number of pyridine rings is 1. The van der Waals surface area contributed by atoms with Crippen molar-refractivity contribution in [3.8, 4) is 0 Å². The van der Waals surface area contributed by atoms with E-state index in [2.05, 4.69) is 15.9 Å². The van der Waals surface area contributed by atoms with Gasteiger partial charge >= 0.3 is 5.97 Å². The first-order valence-electron chi connectivity index (χ1n) is 6.51. The molecule has 2 heterocycles. The average molecular weight is 338 g/mol. The van der Waals surface area contributed by atoms with Crippen molar-refractivity contribution in [2.45, 2.75) is 27.2 Å². The van der Waals surface area contributed by atoms with E-state index in [-0.39, 0.29) is 5.78 Å². The number of carbonyl (C=O) groups is 2. The molecule has 0 amide bonds. The van der Waals surface area contributed by atoms with Crippen LogP contribution in [0.25, 0.3) is 5.52 Å². The molecule has 0 saturated heterocycles. The number of esters is 1. The van der Waals surface area contributed by atoms with Crippen LogP contribution in [-0.2, 0) is 4.74 Å². The highest BCUT2D eigenvalue weighted by Crippen LogP contribution is 2.24. The second-order valence-corrected chi connectivity index (χ2v) is 5.40. The SMILES string of the molecule is CCOC(=O)c1cc2cc(Br)cn2c(C(=O)CC)c1C. The number of ether oxygens (including phenoxy) is 1. The van der Waals surface area contributed by atoms with Crippen LogP contribution in [0.1, 0.15) is 46.7 Å². The number of fused-ring (bicyclic) bond motifs is 1. The van der Waals surface area contributed by atoms with Crippen molar-refractivity contribution in [1.29, 1.82) is 0 Å². The monoisotopic (exact) mass is 337 g/mol. The first-order chi connectivity index (χ1) is 9.49. The van der Waals surface area contributed by atoms with Crippen molar-refractivity contribution < 1.29 is 14.3 Å². The Kier molecular flexibility index (Phi) is 4.28. The van der Waals surface area contributed by atoms with Gasteiger partial charge in [-0.3, -0.25) is 4.79 Å². The normalized spacial score (nSPS) is 10.8. The molecule has 2 rings (SSSR count). The second-order valence-electron chi connectivity index (χ2n) is 4.48. The summed E-state index contributed by atoms with van der Waals surface area (Å²) in [5, 5.41) is 0. The van der Waals surface area contributed by atoms with Gasteiger partial charge < -0.3 is 9.14 Å². The van der Waals surface area contributed by atoms with Crippen LogP contribution in [0, 0.1) is 6.92 Å². The van der Waals surface area contributed by atoms with Gasteiger partial charge in [0, 0.05) is 22.6 Å². The smallest absolute Gasteiger partial charge is 0.338 e. The molecule has 0 aliphatic heterocycles. The Hall–Kier alpha value is -1.62. The van der Waals surface area contributed by atoms with E-state index in [4.69, 9.17) is 4.74 Å².